The van der Waals surface area contributed by atoms with E-state index in [4.69, 9.17) is 14.6 Å². The van der Waals surface area contributed by atoms with Gasteiger partial charge < -0.3 is 24.8 Å². The maximum atomic E-state index is 12.7. The molecular weight excluding hydrogens is 360 g/mol. The second-order valence-corrected chi connectivity index (χ2v) is 7.44. The number of nitrogens with one attached hydrogen (secondary N) is 1. The Balaban J connectivity index is 1.62. The predicted octanol–water partition coefficient (Wildman–Crippen LogP) is 3.20. The van der Waals surface area contributed by atoms with Crippen molar-refractivity contribution in [3.63, 3.8) is 0 Å². The summed E-state index contributed by atoms with van der Waals surface area (Å²) in [5.74, 6) is 0.481. The van der Waals surface area contributed by atoms with Crippen molar-refractivity contribution in [3.05, 3.63) is 23.3 Å². The van der Waals surface area contributed by atoms with Crippen molar-refractivity contribution in [2.24, 2.45) is 5.92 Å². The third-order valence-corrected chi connectivity index (χ3v) is 5.57. The summed E-state index contributed by atoms with van der Waals surface area (Å²) in [5.41, 5.74) is 2.28. The van der Waals surface area contributed by atoms with Crippen LogP contribution in [0.3, 0.4) is 0 Å². The minimum absolute atomic E-state index is 0.0591. The number of carboxylic acid groups (broad SMARTS) is 1. The topological polar surface area (TPSA) is 88.1 Å². The van der Waals surface area contributed by atoms with Gasteiger partial charge in [-0.3, -0.25) is 4.79 Å². The second-order valence-electron chi connectivity index (χ2n) is 7.44. The molecule has 154 valence electrons. The first-order valence-corrected chi connectivity index (χ1v) is 10.2. The fraction of sp³-hybridized carbons (Fsp3) is 0.619. The van der Waals surface area contributed by atoms with E-state index in [-0.39, 0.29) is 18.0 Å². The fourth-order valence-electron chi connectivity index (χ4n) is 4.02. The minimum Gasteiger partial charge on any atom is -0.490 e. The van der Waals surface area contributed by atoms with Gasteiger partial charge in [0, 0.05) is 19.1 Å². The number of benzene rings is 1. The quantitative estimate of drug-likeness (QED) is 0.779. The first kappa shape index (κ1) is 20.3. The highest BCUT2D eigenvalue weighted by molar-refractivity contribution is 5.75. The zero-order valence-electron chi connectivity index (χ0n) is 16.7. The molecule has 28 heavy (non-hydrogen) atoms. The zero-order chi connectivity index (χ0) is 20.1. The van der Waals surface area contributed by atoms with E-state index in [1.807, 2.05) is 30.9 Å². The lowest BCUT2D eigenvalue weighted by Gasteiger charge is -2.33. The van der Waals surface area contributed by atoms with Crippen LogP contribution in [0.2, 0.25) is 0 Å². The Labute approximate surface area is 166 Å². The summed E-state index contributed by atoms with van der Waals surface area (Å²) < 4.78 is 11.4. The van der Waals surface area contributed by atoms with Gasteiger partial charge in [0.05, 0.1) is 19.1 Å². The number of ether oxygens (including phenoxy) is 2. The van der Waals surface area contributed by atoms with Gasteiger partial charge in [-0.25, -0.2) is 4.79 Å². The number of hydrogen-bond acceptors (Lipinski definition) is 4. The molecule has 1 aromatic rings. The normalized spacial score (nSPS) is 21.6. The molecule has 2 N–H and O–H groups in total. The van der Waals surface area contributed by atoms with Crippen molar-refractivity contribution in [3.8, 4) is 11.5 Å². The summed E-state index contributed by atoms with van der Waals surface area (Å²) in [6.07, 6.45) is 3.47. The maximum Gasteiger partial charge on any atom is 0.317 e. The van der Waals surface area contributed by atoms with E-state index in [1.54, 1.807) is 0 Å². The SMILES string of the molecule is CCOc1cc2c(cc1OCC)CN(C(=O)NC1CCC(C(=O)O)CC1)CC2. The van der Waals surface area contributed by atoms with E-state index in [1.165, 1.54) is 5.56 Å². The lowest BCUT2D eigenvalue weighted by molar-refractivity contribution is -0.142. The number of amides is 2. The number of hydrogen-bond donors (Lipinski definition) is 2. The number of carbonyl (C=O) groups excluding carboxylic acids is 1. The monoisotopic (exact) mass is 390 g/mol. The predicted molar refractivity (Wildman–Crippen MR) is 105 cm³/mol. The number of carbonyl (C=O) groups is 2. The van der Waals surface area contributed by atoms with Crippen molar-refractivity contribution in [1.82, 2.24) is 10.2 Å². The van der Waals surface area contributed by atoms with Crippen LogP contribution in [0.1, 0.15) is 50.7 Å². The van der Waals surface area contributed by atoms with Gasteiger partial charge in [-0.15, -0.1) is 0 Å². The molecule has 0 aromatic heterocycles. The minimum atomic E-state index is -0.728. The second kappa shape index (κ2) is 9.17. The largest absolute Gasteiger partial charge is 0.490 e. The molecule has 3 rings (SSSR count). The molecule has 7 heteroatoms. The lowest BCUT2D eigenvalue weighted by Crippen LogP contribution is -2.47. The third kappa shape index (κ3) is 4.69. The first-order chi connectivity index (χ1) is 13.5. The molecule has 0 bridgehead atoms. The Morgan fingerprint density at radius 1 is 1.07 bits per heavy atom. The highest BCUT2D eigenvalue weighted by atomic mass is 16.5. The molecule has 2 amide bonds. The van der Waals surface area contributed by atoms with Gasteiger partial charge in [0.15, 0.2) is 11.5 Å². The molecule has 1 fully saturated rings. The van der Waals surface area contributed by atoms with Crippen LogP contribution in [-0.2, 0) is 17.8 Å². The number of urea groups is 1. The van der Waals surface area contributed by atoms with Crippen LogP contribution in [0.15, 0.2) is 12.1 Å². The molecule has 0 atom stereocenters. The molecule has 7 nitrogen and oxygen atoms in total. The fourth-order valence-corrected chi connectivity index (χ4v) is 4.02. The maximum absolute atomic E-state index is 12.7. The van der Waals surface area contributed by atoms with E-state index in [9.17, 15) is 9.59 Å². The highest BCUT2D eigenvalue weighted by Crippen LogP contribution is 2.34. The molecule has 2 aliphatic rings. The van der Waals surface area contributed by atoms with Crippen molar-refractivity contribution < 1.29 is 24.2 Å². The molecular formula is C21H30N2O5. The summed E-state index contributed by atoms with van der Waals surface area (Å²) in [7, 11) is 0. The first-order valence-electron chi connectivity index (χ1n) is 10.2. The van der Waals surface area contributed by atoms with Crippen LogP contribution in [0.4, 0.5) is 4.79 Å². The highest BCUT2D eigenvalue weighted by Gasteiger charge is 2.29. The van der Waals surface area contributed by atoms with Crippen LogP contribution in [0.5, 0.6) is 11.5 Å². The Hall–Kier alpha value is -2.44. The number of carboxylic acids is 1. The third-order valence-electron chi connectivity index (χ3n) is 5.57. The smallest absolute Gasteiger partial charge is 0.317 e. The molecule has 1 aromatic carbocycles. The van der Waals surface area contributed by atoms with Gasteiger partial charge in [0.25, 0.3) is 0 Å². The average Bonchev–Trinajstić information content (AvgIpc) is 2.69. The summed E-state index contributed by atoms with van der Waals surface area (Å²) in [6, 6.07) is 4.01. The summed E-state index contributed by atoms with van der Waals surface area (Å²) >= 11 is 0. The van der Waals surface area contributed by atoms with Gasteiger partial charge in [0.2, 0.25) is 0 Å². The van der Waals surface area contributed by atoms with Crippen molar-refractivity contribution in [2.45, 2.75) is 58.5 Å². The zero-order valence-corrected chi connectivity index (χ0v) is 16.7. The average molecular weight is 390 g/mol. The molecule has 0 spiro atoms. The van der Waals surface area contributed by atoms with Gasteiger partial charge in [-0.1, -0.05) is 0 Å². The van der Waals surface area contributed by atoms with Gasteiger partial charge >= 0.3 is 12.0 Å². The van der Waals surface area contributed by atoms with Crippen LogP contribution < -0.4 is 14.8 Å². The Morgan fingerprint density at radius 2 is 1.68 bits per heavy atom. The van der Waals surface area contributed by atoms with Gasteiger partial charge in [-0.05, 0) is 69.2 Å². The Morgan fingerprint density at radius 3 is 2.25 bits per heavy atom. The van der Waals surface area contributed by atoms with Crippen LogP contribution >= 0.6 is 0 Å². The van der Waals surface area contributed by atoms with Crippen LogP contribution in [-0.4, -0.2) is 47.8 Å². The van der Waals surface area contributed by atoms with Gasteiger partial charge in [0.1, 0.15) is 0 Å². The standard InChI is InChI=1S/C21H30N2O5/c1-3-27-18-11-15-9-10-23(13-16(15)12-19(18)28-4-2)21(26)22-17-7-5-14(6-8-17)20(24)25/h11-12,14,17H,3-10,13H2,1-2H3,(H,22,26)(H,24,25). The number of nitrogens with zero attached hydrogens (tertiary/aromatic N) is 1. The Bertz CT molecular complexity index is 713. The Kier molecular flexibility index (Phi) is 6.65. The molecule has 1 heterocycles. The number of aliphatic carboxylic acids is 1. The summed E-state index contributed by atoms with van der Waals surface area (Å²) in [5, 5.41) is 12.2. The molecule has 0 radical (unpaired) electrons. The molecule has 1 aliphatic heterocycles. The van der Waals surface area contributed by atoms with Crippen LogP contribution in [0.25, 0.3) is 0 Å². The molecule has 0 unspecified atom stereocenters. The van der Waals surface area contributed by atoms with Crippen LogP contribution in [0, 0.1) is 5.92 Å². The van der Waals surface area contributed by atoms with Crippen molar-refractivity contribution >= 4 is 12.0 Å². The van der Waals surface area contributed by atoms with E-state index in [0.29, 0.717) is 39.1 Å². The lowest BCUT2D eigenvalue weighted by atomic mass is 9.86. The van der Waals surface area contributed by atoms with E-state index < -0.39 is 5.97 Å². The number of rotatable bonds is 6. The molecule has 1 saturated carbocycles. The summed E-state index contributed by atoms with van der Waals surface area (Å²) in [4.78, 5) is 25.6. The van der Waals surface area contributed by atoms with Gasteiger partial charge in [-0.2, -0.15) is 0 Å². The van der Waals surface area contributed by atoms with Crippen molar-refractivity contribution in [2.75, 3.05) is 19.8 Å². The molecule has 1 aliphatic carbocycles. The number of fused-ring (bicyclic) bond motifs is 1. The van der Waals surface area contributed by atoms with E-state index in [0.717, 1.165) is 36.3 Å². The molecule has 0 saturated heterocycles. The van der Waals surface area contributed by atoms with E-state index in [2.05, 4.69) is 5.32 Å². The van der Waals surface area contributed by atoms with E-state index >= 15 is 0 Å². The summed E-state index contributed by atoms with van der Waals surface area (Å²) in [6.45, 7) is 6.22. The van der Waals surface area contributed by atoms with Crippen molar-refractivity contribution in [1.29, 1.82) is 0 Å².